The number of halogens is 3. The Morgan fingerprint density at radius 3 is 2.36 bits per heavy atom. The zero-order valence-electron chi connectivity index (χ0n) is 8.66. The lowest BCUT2D eigenvalue weighted by Crippen LogP contribution is -2.32. The minimum absolute atomic E-state index is 0.0253. The summed E-state index contributed by atoms with van der Waals surface area (Å²) in [5.41, 5.74) is 2.44. The molecule has 2 nitrogen and oxygen atoms in total. The minimum Gasteiger partial charge on any atom is -0.292 e. The molecule has 0 heterocycles. The average molecular weight is 213 g/mol. The van der Waals surface area contributed by atoms with Gasteiger partial charge in [0.25, 0.3) is 0 Å². The zero-order valence-corrected chi connectivity index (χ0v) is 8.66. The molecule has 86 valence electrons. The van der Waals surface area contributed by atoms with E-state index in [4.69, 9.17) is 0 Å². The third-order valence-electron chi connectivity index (χ3n) is 1.88. The molecule has 0 aliphatic heterocycles. The quantitative estimate of drug-likeness (QED) is 0.656. The second-order valence-corrected chi connectivity index (χ2v) is 3.27. The second-order valence-electron chi connectivity index (χ2n) is 3.27. The molecule has 1 N–H and O–H groups in total. The number of nitrogens with one attached hydrogen (secondary N) is 1. The SMILES string of the molecule is CCCCC(CC)NOCC(F)(F)F. The van der Waals surface area contributed by atoms with Gasteiger partial charge in [-0.25, -0.2) is 0 Å². The fourth-order valence-electron chi connectivity index (χ4n) is 1.04. The smallest absolute Gasteiger partial charge is 0.292 e. The van der Waals surface area contributed by atoms with E-state index in [1.165, 1.54) is 0 Å². The van der Waals surface area contributed by atoms with Gasteiger partial charge in [0.05, 0.1) is 0 Å². The molecule has 0 saturated heterocycles. The Morgan fingerprint density at radius 2 is 1.93 bits per heavy atom. The van der Waals surface area contributed by atoms with Crippen molar-refractivity contribution >= 4 is 0 Å². The van der Waals surface area contributed by atoms with E-state index in [0.29, 0.717) is 0 Å². The molecule has 0 amide bonds. The minimum atomic E-state index is -4.25. The third kappa shape index (κ3) is 8.31. The predicted octanol–water partition coefficient (Wildman–Crippen LogP) is 3.04. The van der Waals surface area contributed by atoms with E-state index in [-0.39, 0.29) is 6.04 Å². The zero-order chi connectivity index (χ0) is 11.0. The molecular weight excluding hydrogens is 195 g/mol. The van der Waals surface area contributed by atoms with Crippen LogP contribution in [-0.4, -0.2) is 18.8 Å². The van der Waals surface area contributed by atoms with Crippen molar-refractivity contribution in [2.75, 3.05) is 6.61 Å². The van der Waals surface area contributed by atoms with Crippen molar-refractivity contribution in [3.63, 3.8) is 0 Å². The van der Waals surface area contributed by atoms with Crippen LogP contribution in [0.1, 0.15) is 39.5 Å². The number of hydrogen-bond acceptors (Lipinski definition) is 2. The highest BCUT2D eigenvalue weighted by atomic mass is 19.4. The van der Waals surface area contributed by atoms with Gasteiger partial charge in [-0.1, -0.05) is 26.7 Å². The third-order valence-corrected chi connectivity index (χ3v) is 1.88. The lowest BCUT2D eigenvalue weighted by molar-refractivity contribution is -0.193. The average Bonchev–Trinajstić information content (AvgIpc) is 2.09. The number of hydrogen-bond donors (Lipinski definition) is 1. The maximum absolute atomic E-state index is 11.7. The molecule has 0 rings (SSSR count). The first-order valence-corrected chi connectivity index (χ1v) is 4.93. The highest BCUT2D eigenvalue weighted by molar-refractivity contribution is 4.59. The molecule has 0 aromatic carbocycles. The van der Waals surface area contributed by atoms with Gasteiger partial charge < -0.3 is 0 Å². The van der Waals surface area contributed by atoms with Gasteiger partial charge in [-0.3, -0.25) is 4.84 Å². The predicted molar refractivity (Wildman–Crippen MR) is 48.7 cm³/mol. The van der Waals surface area contributed by atoms with Gasteiger partial charge in [-0.2, -0.15) is 18.7 Å². The first kappa shape index (κ1) is 13.7. The van der Waals surface area contributed by atoms with E-state index in [2.05, 4.69) is 10.3 Å². The molecule has 14 heavy (non-hydrogen) atoms. The van der Waals surface area contributed by atoms with Crippen LogP contribution in [0, 0.1) is 0 Å². The lowest BCUT2D eigenvalue weighted by atomic mass is 10.1. The largest absolute Gasteiger partial charge is 0.413 e. The molecule has 1 atom stereocenters. The van der Waals surface area contributed by atoms with E-state index >= 15 is 0 Å². The van der Waals surface area contributed by atoms with Gasteiger partial charge in [0.1, 0.15) is 0 Å². The molecule has 5 heteroatoms. The van der Waals surface area contributed by atoms with Crippen molar-refractivity contribution in [2.45, 2.75) is 51.7 Å². The first-order valence-electron chi connectivity index (χ1n) is 4.93. The molecule has 0 aliphatic rings. The Bertz CT molecular complexity index is 139. The second kappa shape index (κ2) is 7.06. The van der Waals surface area contributed by atoms with Crippen molar-refractivity contribution in [3.8, 4) is 0 Å². The lowest BCUT2D eigenvalue weighted by Gasteiger charge is -2.16. The van der Waals surface area contributed by atoms with Crippen LogP contribution in [0.25, 0.3) is 0 Å². The van der Waals surface area contributed by atoms with E-state index < -0.39 is 12.8 Å². The van der Waals surface area contributed by atoms with Gasteiger partial charge in [0.2, 0.25) is 0 Å². The summed E-state index contributed by atoms with van der Waals surface area (Å²) in [6.07, 6.45) is -0.586. The molecule has 0 spiro atoms. The van der Waals surface area contributed by atoms with Crippen molar-refractivity contribution in [1.29, 1.82) is 0 Å². The van der Waals surface area contributed by atoms with Crippen molar-refractivity contribution in [1.82, 2.24) is 5.48 Å². The van der Waals surface area contributed by atoms with Crippen molar-refractivity contribution in [2.24, 2.45) is 0 Å². The van der Waals surface area contributed by atoms with Crippen LogP contribution in [0.5, 0.6) is 0 Å². The number of rotatable bonds is 7. The maximum atomic E-state index is 11.7. The number of alkyl halides is 3. The molecule has 0 aliphatic carbocycles. The summed E-state index contributed by atoms with van der Waals surface area (Å²) < 4.78 is 35.1. The van der Waals surface area contributed by atoms with Crippen LogP contribution < -0.4 is 5.48 Å². The van der Waals surface area contributed by atoms with Crippen LogP contribution in [0.3, 0.4) is 0 Å². The van der Waals surface area contributed by atoms with Gasteiger partial charge >= 0.3 is 6.18 Å². The van der Waals surface area contributed by atoms with Crippen LogP contribution >= 0.6 is 0 Å². The van der Waals surface area contributed by atoms with E-state index in [0.717, 1.165) is 25.7 Å². The topological polar surface area (TPSA) is 21.3 Å². The van der Waals surface area contributed by atoms with Gasteiger partial charge in [-0.05, 0) is 12.8 Å². The van der Waals surface area contributed by atoms with E-state index in [9.17, 15) is 13.2 Å². The van der Waals surface area contributed by atoms with Crippen molar-refractivity contribution in [3.05, 3.63) is 0 Å². The summed E-state index contributed by atoms with van der Waals surface area (Å²) in [7, 11) is 0. The van der Waals surface area contributed by atoms with E-state index in [1.807, 2.05) is 13.8 Å². The monoisotopic (exact) mass is 213 g/mol. The number of hydroxylamine groups is 1. The Balaban J connectivity index is 3.52. The summed E-state index contributed by atoms with van der Waals surface area (Å²) >= 11 is 0. The fraction of sp³-hybridized carbons (Fsp3) is 1.00. The Hall–Kier alpha value is -0.290. The highest BCUT2D eigenvalue weighted by Gasteiger charge is 2.28. The molecule has 0 aromatic rings. The normalized spacial score (nSPS) is 14.4. The molecule has 1 unspecified atom stereocenters. The summed E-state index contributed by atoms with van der Waals surface area (Å²) in [5, 5.41) is 0. The molecule has 0 aromatic heterocycles. The highest BCUT2D eigenvalue weighted by Crippen LogP contribution is 2.14. The summed E-state index contributed by atoms with van der Waals surface area (Å²) in [6, 6.07) is 0.0253. The van der Waals surface area contributed by atoms with Crippen LogP contribution in [0.15, 0.2) is 0 Å². The van der Waals surface area contributed by atoms with Gasteiger partial charge in [0.15, 0.2) is 6.61 Å². The summed E-state index contributed by atoms with van der Waals surface area (Å²) in [4.78, 5) is 4.37. The van der Waals surface area contributed by atoms with Crippen LogP contribution in [0.2, 0.25) is 0 Å². The van der Waals surface area contributed by atoms with Crippen LogP contribution in [-0.2, 0) is 4.84 Å². The maximum Gasteiger partial charge on any atom is 0.413 e. The Kier molecular flexibility index (Phi) is 6.92. The first-order chi connectivity index (χ1) is 6.49. The van der Waals surface area contributed by atoms with E-state index in [1.54, 1.807) is 0 Å². The molecule has 0 bridgehead atoms. The van der Waals surface area contributed by atoms with Gasteiger partial charge in [-0.15, -0.1) is 0 Å². The fourth-order valence-corrected chi connectivity index (χ4v) is 1.04. The van der Waals surface area contributed by atoms with Gasteiger partial charge in [0, 0.05) is 6.04 Å². The molecule has 0 saturated carbocycles. The summed E-state index contributed by atoms with van der Waals surface area (Å²) in [6.45, 7) is 2.74. The molecule has 0 radical (unpaired) electrons. The number of unbranched alkanes of at least 4 members (excludes halogenated alkanes) is 1. The summed E-state index contributed by atoms with van der Waals surface area (Å²) in [5.74, 6) is 0. The molecular formula is C9H18F3NO. The Morgan fingerprint density at radius 1 is 1.29 bits per heavy atom. The molecule has 0 fully saturated rings. The van der Waals surface area contributed by atoms with Crippen LogP contribution in [0.4, 0.5) is 13.2 Å². The Labute approximate surface area is 82.8 Å². The van der Waals surface area contributed by atoms with Crippen molar-refractivity contribution < 1.29 is 18.0 Å². The standard InChI is InChI=1S/C9H18F3NO/c1-3-5-6-8(4-2)13-14-7-9(10,11)12/h8,13H,3-7H2,1-2H3.